The van der Waals surface area contributed by atoms with E-state index in [4.69, 9.17) is 0 Å². The van der Waals surface area contributed by atoms with Crippen LogP contribution in [0.4, 0.5) is 0 Å². The summed E-state index contributed by atoms with van der Waals surface area (Å²) in [5.41, 5.74) is 1.64. The summed E-state index contributed by atoms with van der Waals surface area (Å²) < 4.78 is 24.4. The highest BCUT2D eigenvalue weighted by atomic mass is 32.2. The summed E-state index contributed by atoms with van der Waals surface area (Å²) in [5, 5.41) is 8.04. The van der Waals surface area contributed by atoms with Gasteiger partial charge in [-0.05, 0) is 6.07 Å². The summed E-state index contributed by atoms with van der Waals surface area (Å²) in [7, 11) is -3.17. The molecule has 1 aromatic carbocycles. The number of hydrogen-bond acceptors (Lipinski definition) is 4. The van der Waals surface area contributed by atoms with Crippen molar-refractivity contribution in [1.82, 2.24) is 19.4 Å². The summed E-state index contributed by atoms with van der Waals surface area (Å²) >= 11 is 0. The SMILES string of the molecule is CS(=O)(=O)N1CCN(C(=O)Cc2[nH]nc3ccccc23)CC1. The Balaban J connectivity index is 1.66. The van der Waals surface area contributed by atoms with Gasteiger partial charge in [-0.3, -0.25) is 9.89 Å². The van der Waals surface area contributed by atoms with E-state index in [9.17, 15) is 13.2 Å². The minimum absolute atomic E-state index is 0.0115. The molecule has 1 amide bonds. The molecule has 2 heterocycles. The molecule has 0 unspecified atom stereocenters. The van der Waals surface area contributed by atoms with Gasteiger partial charge in [-0.15, -0.1) is 0 Å². The summed E-state index contributed by atoms with van der Waals surface area (Å²) in [5.74, 6) is -0.0115. The topological polar surface area (TPSA) is 86.4 Å². The van der Waals surface area contributed by atoms with Crippen LogP contribution in [0.1, 0.15) is 5.69 Å². The standard InChI is InChI=1S/C14H18N4O3S/c1-22(20,21)18-8-6-17(7-9-18)14(19)10-13-11-4-2-3-5-12(11)15-16-13/h2-5H,6-10H2,1H3,(H,15,16). The van der Waals surface area contributed by atoms with Crippen LogP contribution in [-0.2, 0) is 21.2 Å². The number of hydrogen-bond donors (Lipinski definition) is 1. The molecule has 1 aromatic heterocycles. The van der Waals surface area contributed by atoms with Crippen LogP contribution in [0.25, 0.3) is 10.9 Å². The van der Waals surface area contributed by atoms with Crippen LogP contribution < -0.4 is 0 Å². The zero-order valence-electron chi connectivity index (χ0n) is 12.3. The van der Waals surface area contributed by atoms with Crippen LogP contribution in [0.5, 0.6) is 0 Å². The number of sulfonamides is 1. The lowest BCUT2D eigenvalue weighted by Crippen LogP contribution is -2.50. The number of carbonyl (C=O) groups is 1. The second-order valence-electron chi connectivity index (χ2n) is 5.44. The van der Waals surface area contributed by atoms with Crippen molar-refractivity contribution in [2.24, 2.45) is 0 Å². The Bertz CT molecular complexity index is 791. The van der Waals surface area contributed by atoms with Gasteiger partial charge in [-0.2, -0.15) is 9.40 Å². The van der Waals surface area contributed by atoms with Gasteiger partial charge in [-0.25, -0.2) is 8.42 Å². The molecule has 0 bridgehead atoms. The lowest BCUT2D eigenvalue weighted by Gasteiger charge is -2.33. The first-order chi connectivity index (χ1) is 10.4. The first kappa shape index (κ1) is 15.0. The maximum absolute atomic E-state index is 12.4. The van der Waals surface area contributed by atoms with E-state index < -0.39 is 10.0 Å². The number of nitrogens with zero attached hydrogens (tertiary/aromatic N) is 3. The van der Waals surface area contributed by atoms with E-state index in [1.54, 1.807) is 4.90 Å². The van der Waals surface area contributed by atoms with Crippen LogP contribution in [0.2, 0.25) is 0 Å². The highest BCUT2D eigenvalue weighted by molar-refractivity contribution is 7.88. The number of aromatic amines is 1. The van der Waals surface area contributed by atoms with Gasteiger partial charge in [0, 0.05) is 31.6 Å². The maximum atomic E-state index is 12.4. The number of piperazine rings is 1. The lowest BCUT2D eigenvalue weighted by molar-refractivity contribution is -0.131. The summed E-state index contributed by atoms with van der Waals surface area (Å²) in [6.07, 6.45) is 1.45. The van der Waals surface area contributed by atoms with Crippen LogP contribution in [0.15, 0.2) is 24.3 Å². The van der Waals surface area contributed by atoms with Crippen molar-refractivity contribution >= 4 is 26.8 Å². The molecule has 1 aliphatic heterocycles. The van der Waals surface area contributed by atoms with Crippen molar-refractivity contribution in [2.75, 3.05) is 32.4 Å². The highest BCUT2D eigenvalue weighted by Crippen LogP contribution is 2.16. The van der Waals surface area contributed by atoms with Crippen molar-refractivity contribution in [1.29, 1.82) is 0 Å². The van der Waals surface area contributed by atoms with E-state index in [0.29, 0.717) is 26.2 Å². The van der Waals surface area contributed by atoms with Gasteiger partial charge in [0.15, 0.2) is 0 Å². The van der Waals surface area contributed by atoms with Crippen molar-refractivity contribution < 1.29 is 13.2 Å². The van der Waals surface area contributed by atoms with Gasteiger partial charge >= 0.3 is 0 Å². The Labute approximate surface area is 129 Å². The fourth-order valence-corrected chi connectivity index (χ4v) is 3.51. The first-order valence-corrected chi connectivity index (χ1v) is 8.95. The van der Waals surface area contributed by atoms with E-state index in [2.05, 4.69) is 10.2 Å². The van der Waals surface area contributed by atoms with Gasteiger partial charge in [0.05, 0.1) is 23.9 Å². The van der Waals surface area contributed by atoms with Gasteiger partial charge in [0.25, 0.3) is 0 Å². The Kier molecular flexibility index (Phi) is 3.88. The number of carbonyl (C=O) groups excluding carboxylic acids is 1. The predicted molar refractivity (Wildman–Crippen MR) is 82.8 cm³/mol. The van der Waals surface area contributed by atoms with Gasteiger partial charge in [0.2, 0.25) is 15.9 Å². The second kappa shape index (κ2) is 5.69. The molecule has 0 aliphatic carbocycles. The van der Waals surface area contributed by atoms with E-state index in [1.807, 2.05) is 24.3 Å². The Morgan fingerprint density at radius 3 is 2.59 bits per heavy atom. The van der Waals surface area contributed by atoms with Crippen molar-refractivity contribution in [2.45, 2.75) is 6.42 Å². The zero-order chi connectivity index (χ0) is 15.7. The van der Waals surface area contributed by atoms with Crippen molar-refractivity contribution in [3.05, 3.63) is 30.0 Å². The lowest BCUT2D eigenvalue weighted by atomic mass is 10.1. The van der Waals surface area contributed by atoms with E-state index >= 15 is 0 Å². The Morgan fingerprint density at radius 1 is 1.23 bits per heavy atom. The van der Waals surface area contributed by atoms with E-state index in [-0.39, 0.29) is 12.3 Å². The minimum atomic E-state index is -3.17. The molecular weight excluding hydrogens is 304 g/mol. The molecule has 1 fully saturated rings. The third kappa shape index (κ3) is 2.97. The minimum Gasteiger partial charge on any atom is -0.340 e. The molecule has 1 aliphatic rings. The molecule has 118 valence electrons. The van der Waals surface area contributed by atoms with Gasteiger partial charge < -0.3 is 4.90 Å². The fourth-order valence-electron chi connectivity index (χ4n) is 2.68. The third-order valence-electron chi connectivity index (χ3n) is 3.93. The average Bonchev–Trinajstić information content (AvgIpc) is 2.90. The number of fused-ring (bicyclic) bond motifs is 1. The number of amides is 1. The van der Waals surface area contributed by atoms with Crippen molar-refractivity contribution in [3.8, 4) is 0 Å². The number of rotatable bonds is 3. The Hall–Kier alpha value is -1.93. The van der Waals surface area contributed by atoms with Crippen LogP contribution in [-0.4, -0.2) is 66.2 Å². The van der Waals surface area contributed by atoms with E-state index in [1.165, 1.54) is 10.6 Å². The predicted octanol–water partition coefficient (Wildman–Crippen LogP) is 0.209. The summed E-state index contributed by atoms with van der Waals surface area (Å²) in [6.45, 7) is 1.57. The largest absolute Gasteiger partial charge is 0.340 e. The van der Waals surface area contributed by atoms with E-state index in [0.717, 1.165) is 16.6 Å². The van der Waals surface area contributed by atoms with Crippen LogP contribution >= 0.6 is 0 Å². The molecule has 8 heteroatoms. The highest BCUT2D eigenvalue weighted by Gasteiger charge is 2.26. The molecule has 0 spiro atoms. The number of nitrogens with one attached hydrogen (secondary N) is 1. The molecular formula is C14H18N4O3S. The van der Waals surface area contributed by atoms with Crippen LogP contribution in [0.3, 0.4) is 0 Å². The maximum Gasteiger partial charge on any atom is 0.228 e. The third-order valence-corrected chi connectivity index (χ3v) is 5.23. The molecule has 0 saturated carbocycles. The monoisotopic (exact) mass is 322 g/mol. The number of para-hydroxylation sites is 1. The molecule has 22 heavy (non-hydrogen) atoms. The first-order valence-electron chi connectivity index (χ1n) is 7.10. The quantitative estimate of drug-likeness (QED) is 0.875. The molecule has 7 nitrogen and oxygen atoms in total. The number of aromatic nitrogens is 2. The zero-order valence-corrected chi connectivity index (χ0v) is 13.1. The average molecular weight is 322 g/mol. The molecule has 0 radical (unpaired) electrons. The molecule has 1 N–H and O–H groups in total. The number of H-pyrrole nitrogens is 1. The van der Waals surface area contributed by atoms with Gasteiger partial charge in [-0.1, -0.05) is 18.2 Å². The fraction of sp³-hybridized carbons (Fsp3) is 0.429. The second-order valence-corrected chi connectivity index (χ2v) is 7.42. The smallest absolute Gasteiger partial charge is 0.228 e. The van der Waals surface area contributed by atoms with Gasteiger partial charge in [0.1, 0.15) is 0 Å². The molecule has 3 rings (SSSR count). The molecule has 2 aromatic rings. The van der Waals surface area contributed by atoms with Crippen molar-refractivity contribution in [3.63, 3.8) is 0 Å². The molecule has 0 atom stereocenters. The Morgan fingerprint density at radius 2 is 1.91 bits per heavy atom. The summed E-state index contributed by atoms with van der Waals surface area (Å²) in [6, 6.07) is 7.64. The normalized spacial score (nSPS) is 17.0. The van der Waals surface area contributed by atoms with Crippen LogP contribution in [0, 0.1) is 0 Å². The summed E-state index contributed by atoms with van der Waals surface area (Å²) in [4.78, 5) is 14.1. The molecule has 1 saturated heterocycles. The number of benzene rings is 1.